The van der Waals surface area contributed by atoms with Crippen molar-refractivity contribution in [3.05, 3.63) is 17.8 Å². The van der Waals surface area contributed by atoms with Gasteiger partial charge in [-0.15, -0.1) is 12.4 Å². The van der Waals surface area contributed by atoms with Gasteiger partial charge in [-0.1, -0.05) is 0 Å². The lowest BCUT2D eigenvalue weighted by Crippen LogP contribution is -2.08. The molecule has 82 valence electrons. The van der Waals surface area contributed by atoms with Crippen LogP contribution >= 0.6 is 12.4 Å². The summed E-state index contributed by atoms with van der Waals surface area (Å²) in [6.45, 7) is 1.45. The van der Waals surface area contributed by atoms with Crippen molar-refractivity contribution < 1.29 is 4.79 Å². The van der Waals surface area contributed by atoms with E-state index < -0.39 is 0 Å². The maximum Gasteiger partial charge on any atom is 0.222 e. The number of halogens is 1. The summed E-state index contributed by atoms with van der Waals surface area (Å²) < 4.78 is 0. The summed E-state index contributed by atoms with van der Waals surface area (Å²) in [5, 5.41) is 2.60. The number of nitrogen functional groups attached to an aromatic ring is 1. The van der Waals surface area contributed by atoms with Crippen molar-refractivity contribution in [2.24, 2.45) is 0 Å². The summed E-state index contributed by atoms with van der Waals surface area (Å²) in [6, 6.07) is 1.72. The molecule has 1 aromatic rings. The molecule has 4 nitrogen and oxygen atoms in total. The first-order chi connectivity index (χ1) is 6.66. The first-order valence-corrected chi connectivity index (χ1v) is 4.70. The lowest BCUT2D eigenvalue weighted by Gasteiger charge is -2.06. The fourth-order valence-electron chi connectivity index (χ4n) is 1.47. The molecule has 0 atom stereocenters. The van der Waals surface area contributed by atoms with Gasteiger partial charge >= 0.3 is 0 Å². The summed E-state index contributed by atoms with van der Waals surface area (Å²) in [5.74, 6) is 0.990. The second-order valence-corrected chi connectivity index (χ2v) is 3.65. The average Bonchev–Trinajstić information content (AvgIpc) is 2.86. The van der Waals surface area contributed by atoms with Crippen molar-refractivity contribution >= 4 is 29.8 Å². The number of carbonyl (C=O) groups is 1. The van der Waals surface area contributed by atoms with Crippen molar-refractivity contribution in [1.29, 1.82) is 0 Å². The lowest BCUT2D eigenvalue weighted by atomic mass is 10.1. The number of aromatic nitrogens is 1. The van der Waals surface area contributed by atoms with Crippen molar-refractivity contribution in [2.45, 2.75) is 25.7 Å². The minimum atomic E-state index is -0.129. The van der Waals surface area contributed by atoms with Gasteiger partial charge in [0.1, 0.15) is 5.82 Å². The minimum Gasteiger partial charge on any atom is -0.398 e. The first kappa shape index (κ1) is 11.8. The van der Waals surface area contributed by atoms with Gasteiger partial charge < -0.3 is 11.1 Å². The van der Waals surface area contributed by atoms with E-state index in [-0.39, 0.29) is 18.3 Å². The van der Waals surface area contributed by atoms with Crippen LogP contribution in [-0.4, -0.2) is 10.9 Å². The number of nitrogens with one attached hydrogen (secondary N) is 1. The van der Waals surface area contributed by atoms with E-state index in [4.69, 9.17) is 5.73 Å². The molecular formula is C10H14ClN3O. The van der Waals surface area contributed by atoms with Crippen LogP contribution in [0, 0.1) is 0 Å². The largest absolute Gasteiger partial charge is 0.398 e. The Morgan fingerprint density at radius 1 is 1.60 bits per heavy atom. The van der Waals surface area contributed by atoms with Gasteiger partial charge in [-0.2, -0.15) is 0 Å². The van der Waals surface area contributed by atoms with E-state index in [0.29, 0.717) is 11.7 Å². The number of pyridine rings is 1. The molecule has 1 aliphatic carbocycles. The third-order valence-corrected chi connectivity index (χ3v) is 2.29. The molecule has 0 saturated heterocycles. The van der Waals surface area contributed by atoms with Crippen molar-refractivity contribution in [3.8, 4) is 0 Å². The standard InChI is InChI=1S/C10H13N3O.ClH/c1-6(14)13-10-4-9(11)8(5-12-10)7-2-3-7;/h4-5,7H,2-3H2,1H3,(H3,11,12,13,14);1H. The molecular weight excluding hydrogens is 214 g/mol. The SMILES string of the molecule is CC(=O)Nc1cc(N)c(C2CC2)cn1.Cl. The number of nitrogens with two attached hydrogens (primary N) is 1. The van der Waals surface area contributed by atoms with Crippen LogP contribution in [0.5, 0.6) is 0 Å². The number of anilines is 2. The zero-order valence-corrected chi connectivity index (χ0v) is 9.30. The summed E-state index contributed by atoms with van der Waals surface area (Å²) in [4.78, 5) is 14.9. The van der Waals surface area contributed by atoms with Gasteiger partial charge in [0, 0.05) is 24.9 Å². The number of amides is 1. The second-order valence-electron chi connectivity index (χ2n) is 3.65. The van der Waals surface area contributed by atoms with Crippen molar-refractivity contribution in [3.63, 3.8) is 0 Å². The molecule has 1 heterocycles. The smallest absolute Gasteiger partial charge is 0.222 e. The summed E-state index contributed by atoms with van der Waals surface area (Å²) in [7, 11) is 0. The Bertz CT molecular complexity index is 377. The van der Waals surface area contributed by atoms with Crippen molar-refractivity contribution in [2.75, 3.05) is 11.1 Å². The van der Waals surface area contributed by atoms with Crippen molar-refractivity contribution in [1.82, 2.24) is 4.98 Å². The van der Waals surface area contributed by atoms with Crippen LogP contribution in [0.1, 0.15) is 31.2 Å². The van der Waals surface area contributed by atoms with Gasteiger partial charge in [-0.25, -0.2) is 4.98 Å². The van der Waals surface area contributed by atoms with Crippen LogP contribution in [0.4, 0.5) is 11.5 Å². The highest BCUT2D eigenvalue weighted by atomic mass is 35.5. The predicted octanol–water partition coefficient (Wildman–Crippen LogP) is 1.92. The van der Waals surface area contributed by atoms with Crippen LogP contribution in [0.3, 0.4) is 0 Å². The Kier molecular flexibility index (Phi) is 3.52. The topological polar surface area (TPSA) is 68.0 Å². The number of nitrogens with zero attached hydrogens (tertiary/aromatic N) is 1. The molecule has 2 rings (SSSR count). The van der Waals surface area contributed by atoms with Gasteiger partial charge in [-0.3, -0.25) is 4.79 Å². The fraction of sp³-hybridized carbons (Fsp3) is 0.400. The van der Waals surface area contributed by atoms with Crippen LogP contribution in [0.2, 0.25) is 0 Å². The lowest BCUT2D eigenvalue weighted by molar-refractivity contribution is -0.114. The highest BCUT2D eigenvalue weighted by Gasteiger charge is 2.25. The molecule has 0 bridgehead atoms. The normalized spacial score (nSPS) is 14.2. The van der Waals surface area contributed by atoms with E-state index in [1.165, 1.54) is 19.8 Å². The number of hydrogen-bond acceptors (Lipinski definition) is 3. The molecule has 0 unspecified atom stereocenters. The van der Waals surface area contributed by atoms with E-state index in [1.54, 1.807) is 12.3 Å². The summed E-state index contributed by atoms with van der Waals surface area (Å²) in [5.41, 5.74) is 7.69. The third-order valence-electron chi connectivity index (χ3n) is 2.29. The number of carbonyl (C=O) groups excluding carboxylic acids is 1. The van der Waals surface area contributed by atoms with E-state index >= 15 is 0 Å². The maximum atomic E-state index is 10.8. The Hall–Kier alpha value is -1.29. The minimum absolute atomic E-state index is 0. The number of rotatable bonds is 2. The molecule has 0 aromatic carbocycles. The Labute approximate surface area is 94.7 Å². The highest BCUT2D eigenvalue weighted by molar-refractivity contribution is 5.88. The van der Waals surface area contributed by atoms with Gasteiger partial charge in [-0.05, 0) is 24.3 Å². The quantitative estimate of drug-likeness (QED) is 0.811. The van der Waals surface area contributed by atoms with Gasteiger partial charge in [0.05, 0.1) is 0 Å². The monoisotopic (exact) mass is 227 g/mol. The molecule has 1 saturated carbocycles. The maximum absolute atomic E-state index is 10.8. The highest BCUT2D eigenvalue weighted by Crippen LogP contribution is 2.42. The first-order valence-electron chi connectivity index (χ1n) is 4.70. The van der Waals surface area contributed by atoms with E-state index in [2.05, 4.69) is 10.3 Å². The zero-order valence-electron chi connectivity index (χ0n) is 8.49. The van der Waals surface area contributed by atoms with Crippen LogP contribution < -0.4 is 11.1 Å². The summed E-state index contributed by atoms with van der Waals surface area (Å²) >= 11 is 0. The van der Waals surface area contributed by atoms with Crippen LogP contribution in [-0.2, 0) is 4.79 Å². The molecule has 0 radical (unpaired) electrons. The Balaban J connectivity index is 0.00000112. The molecule has 1 amide bonds. The van der Waals surface area contributed by atoms with Gasteiger partial charge in [0.2, 0.25) is 5.91 Å². The predicted molar refractivity (Wildman–Crippen MR) is 62.2 cm³/mol. The molecule has 3 N–H and O–H groups in total. The molecule has 1 fully saturated rings. The molecule has 15 heavy (non-hydrogen) atoms. The summed E-state index contributed by atoms with van der Waals surface area (Å²) in [6.07, 6.45) is 4.16. The van der Waals surface area contributed by atoms with Crippen LogP contribution in [0.15, 0.2) is 12.3 Å². The van der Waals surface area contributed by atoms with Crippen LogP contribution in [0.25, 0.3) is 0 Å². The van der Waals surface area contributed by atoms with E-state index in [9.17, 15) is 4.79 Å². The zero-order chi connectivity index (χ0) is 10.1. The van der Waals surface area contributed by atoms with Gasteiger partial charge in [0.15, 0.2) is 0 Å². The molecule has 1 aliphatic rings. The Morgan fingerprint density at radius 3 is 2.73 bits per heavy atom. The van der Waals surface area contributed by atoms with Gasteiger partial charge in [0.25, 0.3) is 0 Å². The fourth-order valence-corrected chi connectivity index (χ4v) is 1.47. The van der Waals surface area contributed by atoms with E-state index in [0.717, 1.165) is 11.3 Å². The Morgan fingerprint density at radius 2 is 2.27 bits per heavy atom. The third kappa shape index (κ3) is 2.83. The number of hydrogen-bond donors (Lipinski definition) is 2. The molecule has 5 heteroatoms. The second kappa shape index (κ2) is 4.49. The molecule has 0 aliphatic heterocycles. The molecule has 0 spiro atoms. The molecule has 1 aromatic heterocycles. The van der Waals surface area contributed by atoms with E-state index in [1.807, 2.05) is 0 Å². The average molecular weight is 228 g/mol.